The molecule has 0 unspecified atom stereocenters. The molecule has 2 aromatic rings. The van der Waals surface area contributed by atoms with Crippen molar-refractivity contribution < 1.29 is 13.2 Å². The van der Waals surface area contributed by atoms with Crippen LogP contribution in [0.15, 0.2) is 18.2 Å². The average Bonchev–Trinajstić information content (AvgIpc) is 2.75. The van der Waals surface area contributed by atoms with Gasteiger partial charge in [0.05, 0.1) is 16.6 Å². The monoisotopic (exact) mass is 271 g/mol. The standard InChI is InChI=1S/C13H16F3N3/c14-13(15,16)9-5-6-10-11(8-9)19-12(18-10)4-2-1-3-7-17/h5-6,8H,1-4,7,17H2,(H,18,19). The smallest absolute Gasteiger partial charge is 0.342 e. The number of nitrogens with two attached hydrogens (primary N) is 1. The van der Waals surface area contributed by atoms with Crippen LogP contribution in [0.2, 0.25) is 0 Å². The molecule has 0 radical (unpaired) electrons. The van der Waals surface area contributed by atoms with Gasteiger partial charge < -0.3 is 10.7 Å². The fourth-order valence-electron chi connectivity index (χ4n) is 1.97. The van der Waals surface area contributed by atoms with Crippen molar-refractivity contribution in [3.8, 4) is 0 Å². The van der Waals surface area contributed by atoms with Gasteiger partial charge in [0.2, 0.25) is 0 Å². The molecule has 0 aliphatic heterocycles. The first-order chi connectivity index (χ1) is 9.00. The number of aryl methyl sites for hydroxylation is 1. The molecule has 0 amide bonds. The number of aromatic nitrogens is 2. The van der Waals surface area contributed by atoms with E-state index in [0.29, 0.717) is 17.6 Å². The summed E-state index contributed by atoms with van der Waals surface area (Å²) in [7, 11) is 0. The second-order valence-corrected chi connectivity index (χ2v) is 4.51. The average molecular weight is 271 g/mol. The molecule has 1 heterocycles. The Morgan fingerprint density at radius 3 is 2.63 bits per heavy atom. The van der Waals surface area contributed by atoms with Crippen molar-refractivity contribution in [3.05, 3.63) is 29.6 Å². The number of H-pyrrole nitrogens is 1. The molecule has 0 saturated heterocycles. The lowest BCUT2D eigenvalue weighted by Gasteiger charge is -2.05. The topological polar surface area (TPSA) is 54.7 Å². The van der Waals surface area contributed by atoms with Gasteiger partial charge >= 0.3 is 6.18 Å². The molecule has 1 aromatic carbocycles. The predicted octanol–water partition coefficient (Wildman–Crippen LogP) is 3.25. The molecular formula is C13H16F3N3. The lowest BCUT2D eigenvalue weighted by Crippen LogP contribution is -2.04. The molecule has 3 nitrogen and oxygen atoms in total. The van der Waals surface area contributed by atoms with Gasteiger partial charge in [-0.05, 0) is 37.6 Å². The van der Waals surface area contributed by atoms with Crippen LogP contribution >= 0.6 is 0 Å². The van der Waals surface area contributed by atoms with Crippen LogP contribution in [0.1, 0.15) is 30.7 Å². The lowest BCUT2D eigenvalue weighted by molar-refractivity contribution is -0.137. The predicted molar refractivity (Wildman–Crippen MR) is 67.7 cm³/mol. The van der Waals surface area contributed by atoms with Crippen LogP contribution in [0.3, 0.4) is 0 Å². The first-order valence-electron chi connectivity index (χ1n) is 6.26. The third-order valence-corrected chi connectivity index (χ3v) is 2.98. The van der Waals surface area contributed by atoms with Gasteiger partial charge in [0.25, 0.3) is 0 Å². The maximum absolute atomic E-state index is 12.6. The van der Waals surface area contributed by atoms with Crippen molar-refractivity contribution in [2.45, 2.75) is 31.9 Å². The van der Waals surface area contributed by atoms with Crippen LogP contribution in [0, 0.1) is 0 Å². The number of alkyl halides is 3. The molecule has 2 rings (SSSR count). The van der Waals surface area contributed by atoms with Gasteiger partial charge in [0, 0.05) is 6.42 Å². The van der Waals surface area contributed by atoms with E-state index in [2.05, 4.69) is 9.97 Å². The molecule has 0 aliphatic carbocycles. The van der Waals surface area contributed by atoms with Gasteiger partial charge in [-0.25, -0.2) is 4.98 Å². The summed E-state index contributed by atoms with van der Waals surface area (Å²) in [6.07, 6.45) is -0.695. The third kappa shape index (κ3) is 3.47. The van der Waals surface area contributed by atoms with Crippen LogP contribution in [0.5, 0.6) is 0 Å². The largest absolute Gasteiger partial charge is 0.416 e. The van der Waals surface area contributed by atoms with E-state index in [4.69, 9.17) is 5.73 Å². The Morgan fingerprint density at radius 2 is 1.95 bits per heavy atom. The molecule has 1 aromatic heterocycles. The molecule has 104 valence electrons. The molecule has 0 atom stereocenters. The van der Waals surface area contributed by atoms with Crippen molar-refractivity contribution in [1.82, 2.24) is 9.97 Å². The van der Waals surface area contributed by atoms with E-state index >= 15 is 0 Å². The number of hydrogen-bond donors (Lipinski definition) is 2. The van der Waals surface area contributed by atoms with Crippen molar-refractivity contribution in [2.75, 3.05) is 6.54 Å². The Balaban J connectivity index is 2.12. The van der Waals surface area contributed by atoms with E-state index in [9.17, 15) is 13.2 Å². The van der Waals surface area contributed by atoms with Crippen LogP contribution < -0.4 is 5.73 Å². The Kier molecular flexibility index (Phi) is 4.09. The van der Waals surface area contributed by atoms with E-state index in [1.54, 1.807) is 0 Å². The fourth-order valence-corrected chi connectivity index (χ4v) is 1.97. The zero-order chi connectivity index (χ0) is 13.9. The van der Waals surface area contributed by atoms with Crippen LogP contribution in [0.4, 0.5) is 13.2 Å². The zero-order valence-electron chi connectivity index (χ0n) is 10.4. The van der Waals surface area contributed by atoms with Crippen molar-refractivity contribution in [3.63, 3.8) is 0 Å². The highest BCUT2D eigenvalue weighted by Gasteiger charge is 2.30. The molecule has 19 heavy (non-hydrogen) atoms. The lowest BCUT2D eigenvalue weighted by atomic mass is 10.2. The molecule has 6 heteroatoms. The minimum atomic E-state index is -4.32. The summed E-state index contributed by atoms with van der Waals surface area (Å²) < 4.78 is 37.7. The molecular weight excluding hydrogens is 255 g/mol. The maximum atomic E-state index is 12.6. The summed E-state index contributed by atoms with van der Waals surface area (Å²) >= 11 is 0. The summed E-state index contributed by atoms with van der Waals surface area (Å²) in [6.45, 7) is 0.662. The van der Waals surface area contributed by atoms with E-state index in [-0.39, 0.29) is 0 Å². The molecule has 3 N–H and O–H groups in total. The van der Waals surface area contributed by atoms with Crippen LogP contribution in [-0.4, -0.2) is 16.5 Å². The van der Waals surface area contributed by atoms with Gasteiger partial charge in [-0.15, -0.1) is 0 Å². The summed E-state index contributed by atoms with van der Waals surface area (Å²) in [5.74, 6) is 0.728. The Hall–Kier alpha value is -1.56. The van der Waals surface area contributed by atoms with Crippen molar-refractivity contribution in [2.24, 2.45) is 5.73 Å². The van der Waals surface area contributed by atoms with E-state index in [1.165, 1.54) is 6.07 Å². The van der Waals surface area contributed by atoms with Crippen LogP contribution in [0.25, 0.3) is 11.0 Å². The van der Waals surface area contributed by atoms with Gasteiger partial charge in [0.15, 0.2) is 0 Å². The molecule has 0 fully saturated rings. The van der Waals surface area contributed by atoms with Crippen LogP contribution in [-0.2, 0) is 12.6 Å². The SMILES string of the molecule is NCCCCCc1nc2ccc(C(F)(F)F)cc2[nH]1. The highest BCUT2D eigenvalue weighted by molar-refractivity contribution is 5.76. The number of aromatic amines is 1. The first-order valence-corrected chi connectivity index (χ1v) is 6.26. The van der Waals surface area contributed by atoms with Gasteiger partial charge in [-0.3, -0.25) is 0 Å². The Bertz CT molecular complexity index is 546. The van der Waals surface area contributed by atoms with E-state index in [1.807, 2.05) is 0 Å². The number of imidazole rings is 1. The molecule has 0 saturated carbocycles. The highest BCUT2D eigenvalue weighted by Crippen LogP contribution is 2.30. The number of halogens is 3. The summed E-state index contributed by atoms with van der Waals surface area (Å²) in [5, 5.41) is 0. The summed E-state index contributed by atoms with van der Waals surface area (Å²) in [4.78, 5) is 7.22. The summed E-state index contributed by atoms with van der Waals surface area (Å²) in [6, 6.07) is 3.56. The van der Waals surface area contributed by atoms with Crippen molar-refractivity contribution in [1.29, 1.82) is 0 Å². The highest BCUT2D eigenvalue weighted by atomic mass is 19.4. The van der Waals surface area contributed by atoms with Gasteiger partial charge in [0.1, 0.15) is 5.82 Å². The number of nitrogens with zero attached hydrogens (tertiary/aromatic N) is 1. The quantitative estimate of drug-likeness (QED) is 0.820. The van der Waals surface area contributed by atoms with E-state index < -0.39 is 11.7 Å². The minimum absolute atomic E-state index is 0.434. The minimum Gasteiger partial charge on any atom is -0.342 e. The number of fused-ring (bicyclic) bond motifs is 1. The maximum Gasteiger partial charge on any atom is 0.416 e. The number of nitrogens with one attached hydrogen (secondary N) is 1. The van der Waals surface area contributed by atoms with Crippen molar-refractivity contribution >= 4 is 11.0 Å². The zero-order valence-corrected chi connectivity index (χ0v) is 10.4. The molecule has 0 spiro atoms. The van der Waals surface area contributed by atoms with Gasteiger partial charge in [-0.1, -0.05) is 6.42 Å². The fraction of sp³-hybridized carbons (Fsp3) is 0.462. The molecule has 0 bridgehead atoms. The second-order valence-electron chi connectivity index (χ2n) is 4.51. The number of hydrogen-bond acceptors (Lipinski definition) is 2. The van der Waals surface area contributed by atoms with E-state index in [0.717, 1.165) is 43.6 Å². The van der Waals surface area contributed by atoms with Gasteiger partial charge in [-0.2, -0.15) is 13.2 Å². The normalized spacial score (nSPS) is 12.2. The Labute approximate surface area is 109 Å². The Morgan fingerprint density at radius 1 is 1.16 bits per heavy atom. The number of benzene rings is 1. The number of rotatable bonds is 5. The first kappa shape index (κ1) is 13.9. The third-order valence-electron chi connectivity index (χ3n) is 2.98. The molecule has 0 aliphatic rings. The number of unbranched alkanes of at least 4 members (excludes halogenated alkanes) is 2. The second kappa shape index (κ2) is 5.61. The summed E-state index contributed by atoms with van der Waals surface area (Å²) in [5.41, 5.74) is 5.75.